The Labute approximate surface area is 102 Å². The molecule has 3 atom stereocenters. The van der Waals surface area contributed by atoms with E-state index in [4.69, 9.17) is 0 Å². The molecule has 1 heteroatoms. The van der Waals surface area contributed by atoms with Gasteiger partial charge in [0.1, 0.15) is 0 Å². The fourth-order valence-electron chi connectivity index (χ4n) is 3.32. The van der Waals surface area contributed by atoms with E-state index in [-0.39, 0.29) is 0 Å². The average Bonchev–Trinajstić information content (AvgIpc) is 2.28. The van der Waals surface area contributed by atoms with Crippen LogP contribution in [0.2, 0.25) is 0 Å². The van der Waals surface area contributed by atoms with Crippen LogP contribution in [0.25, 0.3) is 0 Å². The Hall–Kier alpha value is -0.0400. The van der Waals surface area contributed by atoms with Crippen molar-refractivity contribution in [1.29, 1.82) is 0 Å². The highest BCUT2D eigenvalue weighted by molar-refractivity contribution is 4.78. The second-order valence-corrected chi connectivity index (χ2v) is 5.74. The number of hydrogen-bond acceptors (Lipinski definition) is 1. The van der Waals surface area contributed by atoms with Gasteiger partial charge in [0.05, 0.1) is 0 Å². The molecule has 96 valence electrons. The van der Waals surface area contributed by atoms with Crippen molar-refractivity contribution in [3.63, 3.8) is 0 Å². The molecular formula is C15H31N. The van der Waals surface area contributed by atoms with Gasteiger partial charge < -0.3 is 5.32 Å². The van der Waals surface area contributed by atoms with Crippen LogP contribution in [0.1, 0.15) is 65.7 Å². The zero-order chi connectivity index (χ0) is 11.8. The van der Waals surface area contributed by atoms with Gasteiger partial charge in [0, 0.05) is 0 Å². The van der Waals surface area contributed by atoms with Gasteiger partial charge in [-0.25, -0.2) is 0 Å². The molecular weight excluding hydrogens is 194 g/mol. The second-order valence-electron chi connectivity index (χ2n) is 5.74. The maximum atomic E-state index is 3.55. The van der Waals surface area contributed by atoms with Gasteiger partial charge in [-0.05, 0) is 43.7 Å². The number of hydrogen-bond donors (Lipinski definition) is 1. The predicted molar refractivity (Wildman–Crippen MR) is 72.7 cm³/mol. The van der Waals surface area contributed by atoms with Crippen molar-refractivity contribution in [2.24, 2.45) is 17.8 Å². The topological polar surface area (TPSA) is 12.0 Å². The lowest BCUT2D eigenvalue weighted by Crippen LogP contribution is -2.31. The van der Waals surface area contributed by atoms with Crippen LogP contribution < -0.4 is 5.32 Å². The first-order valence-corrected chi connectivity index (χ1v) is 7.48. The SMILES string of the molecule is CCCC(C)CC1CCCCC1CNCC. The van der Waals surface area contributed by atoms with E-state index in [1.54, 1.807) is 0 Å². The molecule has 0 radical (unpaired) electrons. The van der Waals surface area contributed by atoms with Crippen molar-refractivity contribution < 1.29 is 0 Å². The van der Waals surface area contributed by atoms with Crippen molar-refractivity contribution in [2.45, 2.75) is 65.7 Å². The van der Waals surface area contributed by atoms with Gasteiger partial charge in [-0.3, -0.25) is 0 Å². The van der Waals surface area contributed by atoms with Crippen LogP contribution in [0, 0.1) is 17.8 Å². The normalized spacial score (nSPS) is 27.9. The van der Waals surface area contributed by atoms with Gasteiger partial charge in [0.2, 0.25) is 0 Å². The van der Waals surface area contributed by atoms with Gasteiger partial charge in [-0.1, -0.05) is 52.9 Å². The molecule has 0 aromatic carbocycles. The molecule has 0 aromatic heterocycles. The van der Waals surface area contributed by atoms with Crippen LogP contribution in [0.4, 0.5) is 0 Å². The van der Waals surface area contributed by atoms with E-state index >= 15 is 0 Å². The minimum absolute atomic E-state index is 0.942. The molecule has 0 bridgehead atoms. The van der Waals surface area contributed by atoms with Crippen LogP contribution in [-0.2, 0) is 0 Å². The summed E-state index contributed by atoms with van der Waals surface area (Å²) in [7, 11) is 0. The summed E-state index contributed by atoms with van der Waals surface area (Å²) in [5.41, 5.74) is 0. The summed E-state index contributed by atoms with van der Waals surface area (Å²) in [5, 5.41) is 3.55. The third-order valence-electron chi connectivity index (χ3n) is 4.21. The summed E-state index contributed by atoms with van der Waals surface area (Å²) in [6, 6.07) is 0. The van der Waals surface area contributed by atoms with Gasteiger partial charge in [0.25, 0.3) is 0 Å². The smallest absolute Gasteiger partial charge is 0.00180 e. The molecule has 0 spiro atoms. The molecule has 0 aliphatic heterocycles. The molecule has 0 amide bonds. The van der Waals surface area contributed by atoms with Crippen LogP contribution in [0.3, 0.4) is 0 Å². The molecule has 1 N–H and O–H groups in total. The first-order chi connectivity index (χ1) is 7.77. The molecule has 1 rings (SSSR count). The monoisotopic (exact) mass is 225 g/mol. The van der Waals surface area contributed by atoms with E-state index in [1.165, 1.54) is 51.5 Å². The van der Waals surface area contributed by atoms with E-state index in [0.717, 1.165) is 24.3 Å². The predicted octanol–water partition coefficient (Wildman–Crippen LogP) is 4.23. The first kappa shape index (κ1) is 14.0. The summed E-state index contributed by atoms with van der Waals surface area (Å²) in [4.78, 5) is 0. The Kier molecular flexibility index (Phi) is 7.11. The summed E-state index contributed by atoms with van der Waals surface area (Å²) in [6.45, 7) is 9.38. The van der Waals surface area contributed by atoms with Gasteiger partial charge >= 0.3 is 0 Å². The Morgan fingerprint density at radius 2 is 1.81 bits per heavy atom. The second kappa shape index (κ2) is 8.11. The summed E-state index contributed by atoms with van der Waals surface area (Å²) >= 11 is 0. The fraction of sp³-hybridized carbons (Fsp3) is 1.00. The van der Waals surface area contributed by atoms with Crippen LogP contribution in [-0.4, -0.2) is 13.1 Å². The lowest BCUT2D eigenvalue weighted by molar-refractivity contribution is 0.193. The van der Waals surface area contributed by atoms with Crippen LogP contribution in [0.5, 0.6) is 0 Å². The average molecular weight is 225 g/mol. The molecule has 1 aliphatic rings. The van der Waals surface area contributed by atoms with Crippen LogP contribution in [0.15, 0.2) is 0 Å². The third kappa shape index (κ3) is 4.86. The Balaban J connectivity index is 2.33. The van der Waals surface area contributed by atoms with E-state index in [0.29, 0.717) is 0 Å². The maximum absolute atomic E-state index is 3.55. The molecule has 1 saturated carbocycles. The van der Waals surface area contributed by atoms with E-state index in [9.17, 15) is 0 Å². The minimum Gasteiger partial charge on any atom is -0.317 e. The standard InChI is InChI=1S/C15H31N/c1-4-8-13(3)11-14-9-6-7-10-15(14)12-16-5-2/h13-16H,4-12H2,1-3H3. The lowest BCUT2D eigenvalue weighted by Gasteiger charge is -2.33. The third-order valence-corrected chi connectivity index (χ3v) is 4.21. The molecule has 0 saturated heterocycles. The molecule has 16 heavy (non-hydrogen) atoms. The maximum Gasteiger partial charge on any atom is -0.00180 e. The number of nitrogens with one attached hydrogen (secondary N) is 1. The zero-order valence-electron chi connectivity index (χ0n) is 11.6. The Morgan fingerprint density at radius 3 is 2.44 bits per heavy atom. The highest BCUT2D eigenvalue weighted by Gasteiger charge is 2.25. The highest BCUT2D eigenvalue weighted by Crippen LogP contribution is 2.34. The first-order valence-electron chi connectivity index (χ1n) is 7.48. The molecule has 3 unspecified atom stereocenters. The molecule has 1 fully saturated rings. The van der Waals surface area contributed by atoms with Crippen LogP contribution >= 0.6 is 0 Å². The molecule has 1 aliphatic carbocycles. The lowest BCUT2D eigenvalue weighted by atomic mass is 9.74. The zero-order valence-corrected chi connectivity index (χ0v) is 11.6. The summed E-state index contributed by atoms with van der Waals surface area (Å²) in [5.74, 6) is 2.92. The molecule has 0 heterocycles. The van der Waals surface area contributed by atoms with Crippen molar-refractivity contribution in [1.82, 2.24) is 5.32 Å². The van der Waals surface area contributed by atoms with Gasteiger partial charge in [0.15, 0.2) is 0 Å². The van der Waals surface area contributed by atoms with Crippen molar-refractivity contribution in [3.8, 4) is 0 Å². The van der Waals surface area contributed by atoms with Crippen molar-refractivity contribution in [3.05, 3.63) is 0 Å². The largest absolute Gasteiger partial charge is 0.317 e. The fourth-order valence-corrected chi connectivity index (χ4v) is 3.32. The van der Waals surface area contributed by atoms with E-state index in [1.807, 2.05) is 0 Å². The molecule has 1 nitrogen and oxygen atoms in total. The highest BCUT2D eigenvalue weighted by atomic mass is 14.8. The van der Waals surface area contributed by atoms with E-state index < -0.39 is 0 Å². The minimum atomic E-state index is 0.942. The summed E-state index contributed by atoms with van der Waals surface area (Å²) < 4.78 is 0. The molecule has 0 aromatic rings. The quantitative estimate of drug-likeness (QED) is 0.684. The van der Waals surface area contributed by atoms with Gasteiger partial charge in [-0.15, -0.1) is 0 Å². The Bertz CT molecular complexity index is 167. The van der Waals surface area contributed by atoms with Crippen molar-refractivity contribution >= 4 is 0 Å². The number of rotatable bonds is 7. The van der Waals surface area contributed by atoms with Gasteiger partial charge in [-0.2, -0.15) is 0 Å². The van der Waals surface area contributed by atoms with Crippen molar-refractivity contribution in [2.75, 3.05) is 13.1 Å². The van der Waals surface area contributed by atoms with E-state index in [2.05, 4.69) is 26.1 Å². The summed E-state index contributed by atoms with van der Waals surface area (Å²) in [6.07, 6.45) is 10.2. The Morgan fingerprint density at radius 1 is 1.12 bits per heavy atom.